The van der Waals surface area contributed by atoms with Crippen molar-refractivity contribution in [3.05, 3.63) is 22.4 Å². The Bertz CT molecular complexity index is 260. The lowest BCUT2D eigenvalue weighted by Crippen LogP contribution is -2.43. The van der Waals surface area contributed by atoms with E-state index in [1.54, 1.807) is 25.6 Å². The lowest BCUT2D eigenvalue weighted by atomic mass is 10.4. The molecule has 1 heterocycles. The summed E-state index contributed by atoms with van der Waals surface area (Å²) in [7, 11) is 0.936. The molecule has 1 aromatic rings. The minimum absolute atomic E-state index is 0.581. The van der Waals surface area contributed by atoms with E-state index in [1.807, 2.05) is 5.38 Å². The van der Waals surface area contributed by atoms with Gasteiger partial charge in [-0.2, -0.15) is 11.3 Å². The second-order valence-electron chi connectivity index (χ2n) is 3.26. The van der Waals surface area contributed by atoms with Crippen molar-refractivity contribution in [1.82, 2.24) is 0 Å². The summed E-state index contributed by atoms with van der Waals surface area (Å²) < 4.78 is 16.7. The third-order valence-electron chi connectivity index (χ3n) is 2.22. The third-order valence-corrected chi connectivity index (χ3v) is 5.89. The van der Waals surface area contributed by atoms with Gasteiger partial charge in [0.15, 0.2) is 0 Å². The molecule has 0 aliphatic rings. The second-order valence-corrected chi connectivity index (χ2v) is 7.01. The van der Waals surface area contributed by atoms with Crippen molar-refractivity contribution in [3.8, 4) is 0 Å². The summed E-state index contributed by atoms with van der Waals surface area (Å²) >= 11 is 1.67. The van der Waals surface area contributed by atoms with Crippen LogP contribution >= 0.6 is 11.3 Å². The maximum absolute atomic E-state index is 5.81. The van der Waals surface area contributed by atoms with E-state index in [0.717, 1.165) is 12.5 Å². The van der Waals surface area contributed by atoms with Gasteiger partial charge in [-0.3, -0.25) is 0 Å². The van der Waals surface area contributed by atoms with Gasteiger partial charge in [-0.25, -0.2) is 0 Å². The van der Waals surface area contributed by atoms with E-state index in [0.29, 0.717) is 6.61 Å². The van der Waals surface area contributed by atoms with Crippen molar-refractivity contribution in [3.63, 3.8) is 0 Å². The zero-order valence-electron chi connectivity index (χ0n) is 9.49. The molecule has 0 fully saturated rings. The fourth-order valence-electron chi connectivity index (χ4n) is 1.35. The average molecular weight is 246 g/mol. The van der Waals surface area contributed by atoms with E-state index < -0.39 is 8.80 Å². The highest BCUT2D eigenvalue weighted by Crippen LogP contribution is 2.18. The van der Waals surface area contributed by atoms with Crippen LogP contribution in [-0.2, 0) is 19.9 Å². The molecule has 15 heavy (non-hydrogen) atoms. The first-order chi connectivity index (χ1) is 7.26. The molecule has 0 saturated heterocycles. The van der Waals surface area contributed by atoms with E-state index in [9.17, 15) is 0 Å². The first-order valence-corrected chi connectivity index (χ1v) is 7.89. The van der Waals surface area contributed by atoms with E-state index in [2.05, 4.69) is 18.4 Å². The summed E-state index contributed by atoms with van der Waals surface area (Å²) in [6, 6.07) is 2.92. The molecule has 0 aliphatic carbocycles. The minimum Gasteiger partial charge on any atom is -0.377 e. The van der Waals surface area contributed by atoms with Crippen molar-refractivity contribution < 1.29 is 13.3 Å². The third kappa shape index (κ3) is 3.69. The van der Waals surface area contributed by atoms with Crippen molar-refractivity contribution >= 4 is 20.1 Å². The van der Waals surface area contributed by atoms with E-state index in [4.69, 9.17) is 13.3 Å². The second kappa shape index (κ2) is 6.39. The smallest absolute Gasteiger partial charge is 0.377 e. The Labute approximate surface area is 96.4 Å². The molecule has 86 valence electrons. The summed E-state index contributed by atoms with van der Waals surface area (Å²) in [5.74, 6) is 0. The summed E-state index contributed by atoms with van der Waals surface area (Å²) in [5, 5.41) is 4.12. The highest BCUT2D eigenvalue weighted by atomic mass is 32.1. The maximum atomic E-state index is 5.81. The number of thiophene rings is 1. The van der Waals surface area contributed by atoms with Crippen LogP contribution in [-0.4, -0.2) is 23.0 Å². The Hall–Kier alpha value is -0.203. The molecule has 0 aliphatic heterocycles. The minimum atomic E-state index is -2.39. The average Bonchev–Trinajstić information content (AvgIpc) is 2.77. The monoisotopic (exact) mass is 246 g/mol. The molecule has 0 radical (unpaired) electrons. The lowest BCUT2D eigenvalue weighted by molar-refractivity contribution is 0.0913. The molecule has 0 atom stereocenters. The van der Waals surface area contributed by atoms with Crippen LogP contribution in [0.3, 0.4) is 0 Å². The summed E-state index contributed by atoms with van der Waals surface area (Å²) in [4.78, 5) is 0. The van der Waals surface area contributed by atoms with Crippen LogP contribution in [0, 0.1) is 0 Å². The largest absolute Gasteiger partial charge is 0.500 e. The van der Waals surface area contributed by atoms with Gasteiger partial charge in [0, 0.05) is 20.3 Å². The van der Waals surface area contributed by atoms with Gasteiger partial charge >= 0.3 is 8.80 Å². The Morgan fingerprint density at radius 1 is 1.33 bits per heavy atom. The van der Waals surface area contributed by atoms with E-state index in [1.165, 1.54) is 5.56 Å². The van der Waals surface area contributed by atoms with Gasteiger partial charge in [-0.1, -0.05) is 13.3 Å². The van der Waals surface area contributed by atoms with Gasteiger partial charge < -0.3 is 13.3 Å². The van der Waals surface area contributed by atoms with Crippen LogP contribution in [0.4, 0.5) is 0 Å². The fraction of sp³-hybridized carbons (Fsp3) is 0.600. The first kappa shape index (κ1) is 12.9. The first-order valence-electron chi connectivity index (χ1n) is 5.01. The molecular formula is C10H18O3SSi. The number of hydrogen-bond acceptors (Lipinski definition) is 4. The zero-order chi connectivity index (χ0) is 11.1. The van der Waals surface area contributed by atoms with Crippen LogP contribution in [0.2, 0.25) is 6.04 Å². The van der Waals surface area contributed by atoms with Crippen LogP contribution in [0.15, 0.2) is 16.8 Å². The number of hydrogen-bond donors (Lipinski definition) is 0. The molecule has 0 N–H and O–H groups in total. The van der Waals surface area contributed by atoms with Gasteiger partial charge in [0.05, 0.1) is 6.61 Å². The van der Waals surface area contributed by atoms with Crippen molar-refractivity contribution in [2.24, 2.45) is 0 Å². The molecule has 0 bridgehead atoms. The van der Waals surface area contributed by atoms with Crippen LogP contribution in [0.5, 0.6) is 0 Å². The van der Waals surface area contributed by atoms with Crippen LogP contribution in [0.25, 0.3) is 0 Å². The van der Waals surface area contributed by atoms with Gasteiger partial charge in [0.2, 0.25) is 0 Å². The van der Waals surface area contributed by atoms with Gasteiger partial charge in [-0.05, 0) is 22.4 Å². The molecule has 0 saturated carbocycles. The van der Waals surface area contributed by atoms with Gasteiger partial charge in [0.25, 0.3) is 0 Å². The zero-order valence-corrected chi connectivity index (χ0v) is 11.3. The SMILES string of the molecule is CCC[Si](OC)(OC)OCc1ccsc1. The Morgan fingerprint density at radius 2 is 2.07 bits per heavy atom. The molecule has 0 spiro atoms. The van der Waals surface area contributed by atoms with Crippen LogP contribution in [0.1, 0.15) is 18.9 Å². The Kier molecular flexibility index (Phi) is 5.48. The lowest BCUT2D eigenvalue weighted by Gasteiger charge is -2.25. The normalized spacial score (nSPS) is 11.9. The highest BCUT2D eigenvalue weighted by Gasteiger charge is 2.37. The summed E-state index contributed by atoms with van der Waals surface area (Å²) in [6.07, 6.45) is 1.01. The molecule has 1 rings (SSSR count). The topological polar surface area (TPSA) is 27.7 Å². The Morgan fingerprint density at radius 3 is 2.53 bits per heavy atom. The molecule has 5 heteroatoms. The standard InChI is InChI=1S/C10H18O3SSi/c1-4-7-15(11-2,12-3)13-8-10-5-6-14-9-10/h5-6,9H,4,7-8H2,1-3H3. The van der Waals surface area contributed by atoms with E-state index in [-0.39, 0.29) is 0 Å². The predicted molar refractivity (Wildman–Crippen MR) is 64.0 cm³/mol. The summed E-state index contributed by atoms with van der Waals surface area (Å²) in [6.45, 7) is 2.69. The molecule has 0 unspecified atom stereocenters. The molecule has 3 nitrogen and oxygen atoms in total. The van der Waals surface area contributed by atoms with Crippen molar-refractivity contribution in [2.75, 3.05) is 14.2 Å². The van der Waals surface area contributed by atoms with Crippen molar-refractivity contribution in [1.29, 1.82) is 0 Å². The molecule has 0 aromatic carbocycles. The van der Waals surface area contributed by atoms with Crippen molar-refractivity contribution in [2.45, 2.75) is 26.0 Å². The molecule has 1 aromatic heterocycles. The predicted octanol–water partition coefficient (Wildman–Crippen LogP) is 2.91. The number of rotatable bonds is 7. The van der Waals surface area contributed by atoms with Gasteiger partial charge in [0.1, 0.15) is 0 Å². The fourth-order valence-corrected chi connectivity index (χ4v) is 3.96. The quantitative estimate of drug-likeness (QED) is 0.692. The maximum Gasteiger partial charge on any atom is 0.500 e. The van der Waals surface area contributed by atoms with Crippen LogP contribution < -0.4 is 0 Å². The highest BCUT2D eigenvalue weighted by molar-refractivity contribution is 7.07. The van der Waals surface area contributed by atoms with E-state index >= 15 is 0 Å². The Balaban J connectivity index is 2.50. The van der Waals surface area contributed by atoms with Gasteiger partial charge in [-0.15, -0.1) is 0 Å². The molecular weight excluding hydrogens is 228 g/mol. The summed E-state index contributed by atoms with van der Waals surface area (Å²) in [5.41, 5.74) is 1.18. The molecule has 0 amide bonds.